The molecule has 0 aliphatic carbocycles. The summed E-state index contributed by atoms with van der Waals surface area (Å²) in [7, 11) is 0. The van der Waals surface area contributed by atoms with E-state index in [-0.39, 0.29) is 23.4 Å². The van der Waals surface area contributed by atoms with Crippen LogP contribution in [0, 0.1) is 0 Å². The van der Waals surface area contributed by atoms with Crippen molar-refractivity contribution < 1.29 is 19.8 Å². The van der Waals surface area contributed by atoms with E-state index in [4.69, 9.17) is 5.11 Å². The topological polar surface area (TPSA) is 107 Å². The molecular formula is C10H13N3O4. The highest BCUT2D eigenvalue weighted by Crippen LogP contribution is 2.13. The SMILES string of the molecule is O=C(O)c1cc(C(=O)N2CCC(O)CC2)n[nH]1. The lowest BCUT2D eigenvalue weighted by atomic mass is 10.1. The summed E-state index contributed by atoms with van der Waals surface area (Å²) in [6.45, 7) is 0.935. The van der Waals surface area contributed by atoms with Gasteiger partial charge in [-0.25, -0.2) is 4.79 Å². The molecule has 2 rings (SSSR count). The first-order valence-electron chi connectivity index (χ1n) is 5.34. The maximum Gasteiger partial charge on any atom is 0.353 e. The number of hydrogen-bond acceptors (Lipinski definition) is 4. The molecule has 17 heavy (non-hydrogen) atoms. The number of rotatable bonds is 2. The number of nitrogens with one attached hydrogen (secondary N) is 1. The summed E-state index contributed by atoms with van der Waals surface area (Å²) in [6, 6.07) is 1.22. The molecule has 1 aliphatic rings. The van der Waals surface area contributed by atoms with Crippen LogP contribution in [0.5, 0.6) is 0 Å². The molecule has 0 spiro atoms. The van der Waals surface area contributed by atoms with Gasteiger partial charge in [-0.1, -0.05) is 0 Å². The van der Waals surface area contributed by atoms with Gasteiger partial charge in [0.2, 0.25) is 0 Å². The van der Waals surface area contributed by atoms with E-state index in [9.17, 15) is 14.7 Å². The van der Waals surface area contributed by atoms with Gasteiger partial charge in [-0.2, -0.15) is 5.10 Å². The van der Waals surface area contributed by atoms with Crippen LogP contribution in [0.2, 0.25) is 0 Å². The van der Waals surface area contributed by atoms with Crippen molar-refractivity contribution in [1.82, 2.24) is 15.1 Å². The molecule has 1 aromatic rings. The Bertz CT molecular complexity index is 435. The second-order valence-corrected chi connectivity index (χ2v) is 4.00. The number of carbonyl (C=O) groups is 2. The van der Waals surface area contributed by atoms with Crippen molar-refractivity contribution >= 4 is 11.9 Å². The number of H-pyrrole nitrogens is 1. The maximum absolute atomic E-state index is 11.9. The molecule has 0 aromatic carbocycles. The third-order valence-corrected chi connectivity index (χ3v) is 2.78. The van der Waals surface area contributed by atoms with Gasteiger partial charge in [0.15, 0.2) is 5.69 Å². The van der Waals surface area contributed by atoms with Crippen LogP contribution in [-0.2, 0) is 0 Å². The highest BCUT2D eigenvalue weighted by Gasteiger charge is 2.24. The predicted molar refractivity (Wildman–Crippen MR) is 56.7 cm³/mol. The zero-order valence-electron chi connectivity index (χ0n) is 9.09. The Morgan fingerprint density at radius 3 is 2.59 bits per heavy atom. The molecule has 0 saturated carbocycles. The Labute approximate surface area is 97.0 Å². The summed E-state index contributed by atoms with van der Waals surface area (Å²) in [5, 5.41) is 24.0. The second-order valence-electron chi connectivity index (χ2n) is 4.00. The number of nitrogens with zero attached hydrogens (tertiary/aromatic N) is 2. The van der Waals surface area contributed by atoms with E-state index < -0.39 is 5.97 Å². The Morgan fingerprint density at radius 2 is 2.06 bits per heavy atom. The predicted octanol–water partition coefficient (Wildman–Crippen LogP) is -0.295. The van der Waals surface area contributed by atoms with Gasteiger partial charge in [-0.15, -0.1) is 0 Å². The number of hydrogen-bond donors (Lipinski definition) is 3. The number of aromatic nitrogens is 2. The lowest BCUT2D eigenvalue weighted by Crippen LogP contribution is -2.40. The van der Waals surface area contributed by atoms with Gasteiger partial charge in [0.05, 0.1) is 6.10 Å². The van der Waals surface area contributed by atoms with Crippen molar-refractivity contribution in [3.8, 4) is 0 Å². The summed E-state index contributed by atoms with van der Waals surface area (Å²) in [5.74, 6) is -1.45. The van der Waals surface area contributed by atoms with E-state index >= 15 is 0 Å². The zero-order valence-corrected chi connectivity index (χ0v) is 9.09. The lowest BCUT2D eigenvalue weighted by Gasteiger charge is -2.28. The largest absolute Gasteiger partial charge is 0.477 e. The molecule has 0 atom stereocenters. The molecular weight excluding hydrogens is 226 g/mol. The van der Waals surface area contributed by atoms with Gasteiger partial charge in [0.1, 0.15) is 5.69 Å². The fourth-order valence-corrected chi connectivity index (χ4v) is 1.77. The molecule has 1 amide bonds. The maximum atomic E-state index is 11.9. The summed E-state index contributed by atoms with van der Waals surface area (Å²) < 4.78 is 0. The number of likely N-dealkylation sites (tertiary alicyclic amines) is 1. The van der Waals surface area contributed by atoms with Crippen LogP contribution >= 0.6 is 0 Å². The van der Waals surface area contributed by atoms with Crippen molar-refractivity contribution in [1.29, 1.82) is 0 Å². The van der Waals surface area contributed by atoms with Crippen molar-refractivity contribution in [2.45, 2.75) is 18.9 Å². The number of aromatic carboxylic acids is 1. The van der Waals surface area contributed by atoms with Crippen LogP contribution < -0.4 is 0 Å². The van der Waals surface area contributed by atoms with Crippen molar-refractivity contribution in [3.05, 3.63) is 17.5 Å². The van der Waals surface area contributed by atoms with Crippen molar-refractivity contribution in [2.24, 2.45) is 0 Å². The molecule has 0 radical (unpaired) electrons. The minimum atomic E-state index is -1.15. The summed E-state index contributed by atoms with van der Waals surface area (Å²) >= 11 is 0. The Morgan fingerprint density at radius 1 is 1.41 bits per heavy atom. The van der Waals surface area contributed by atoms with E-state index in [1.54, 1.807) is 4.90 Å². The minimum absolute atomic E-state index is 0.0961. The first-order valence-corrected chi connectivity index (χ1v) is 5.34. The Kier molecular flexibility index (Phi) is 3.10. The summed E-state index contributed by atoms with van der Waals surface area (Å²) in [4.78, 5) is 24.1. The van der Waals surface area contributed by atoms with Crippen LogP contribution in [-0.4, -0.2) is 56.4 Å². The molecule has 7 nitrogen and oxygen atoms in total. The minimum Gasteiger partial charge on any atom is -0.477 e. The van der Waals surface area contributed by atoms with Gasteiger partial charge < -0.3 is 15.1 Å². The van der Waals surface area contributed by atoms with Gasteiger partial charge in [-0.05, 0) is 12.8 Å². The molecule has 3 N–H and O–H groups in total. The van der Waals surface area contributed by atoms with Crippen LogP contribution in [0.4, 0.5) is 0 Å². The van der Waals surface area contributed by atoms with Crippen LogP contribution in [0.15, 0.2) is 6.07 Å². The number of carbonyl (C=O) groups excluding carboxylic acids is 1. The number of aliphatic hydroxyl groups is 1. The van der Waals surface area contributed by atoms with Gasteiger partial charge in [0, 0.05) is 19.2 Å². The fraction of sp³-hybridized carbons (Fsp3) is 0.500. The molecule has 1 fully saturated rings. The van der Waals surface area contributed by atoms with E-state index in [0.717, 1.165) is 0 Å². The third kappa shape index (κ3) is 2.44. The number of carboxylic acid groups (broad SMARTS) is 1. The molecule has 2 heterocycles. The summed E-state index contributed by atoms with van der Waals surface area (Å²) in [6.07, 6.45) is 0.733. The zero-order chi connectivity index (χ0) is 12.4. The standard InChI is InChI=1S/C10H13N3O4/c14-6-1-3-13(4-2-6)9(15)7-5-8(10(16)17)12-11-7/h5-6,14H,1-4H2,(H,11,12)(H,16,17). The Balaban J connectivity index is 2.06. The highest BCUT2D eigenvalue weighted by molar-refractivity contribution is 5.95. The van der Waals surface area contributed by atoms with Crippen molar-refractivity contribution in [2.75, 3.05) is 13.1 Å². The Hall–Kier alpha value is -1.89. The average molecular weight is 239 g/mol. The molecule has 1 saturated heterocycles. The van der Waals surface area contributed by atoms with E-state index in [2.05, 4.69) is 10.2 Å². The number of carboxylic acids is 1. The second kappa shape index (κ2) is 4.54. The average Bonchev–Trinajstić information content (AvgIpc) is 2.78. The van der Waals surface area contributed by atoms with Gasteiger partial charge in [-0.3, -0.25) is 9.89 Å². The number of aliphatic hydroxyl groups excluding tert-OH is 1. The van der Waals surface area contributed by atoms with Crippen LogP contribution in [0.3, 0.4) is 0 Å². The molecule has 92 valence electrons. The molecule has 1 aromatic heterocycles. The molecule has 0 bridgehead atoms. The first kappa shape index (κ1) is 11.6. The van der Waals surface area contributed by atoms with E-state index in [1.165, 1.54) is 6.07 Å². The number of piperidine rings is 1. The van der Waals surface area contributed by atoms with E-state index in [1.807, 2.05) is 0 Å². The van der Waals surface area contributed by atoms with Gasteiger partial charge in [0.25, 0.3) is 5.91 Å². The smallest absolute Gasteiger partial charge is 0.353 e. The highest BCUT2D eigenvalue weighted by atomic mass is 16.4. The fourth-order valence-electron chi connectivity index (χ4n) is 1.77. The molecule has 7 heteroatoms. The lowest BCUT2D eigenvalue weighted by molar-refractivity contribution is 0.0541. The monoisotopic (exact) mass is 239 g/mol. The summed E-state index contributed by atoms with van der Waals surface area (Å²) in [5.41, 5.74) is -0.0100. The van der Waals surface area contributed by atoms with Crippen molar-refractivity contribution in [3.63, 3.8) is 0 Å². The normalized spacial score (nSPS) is 17.1. The molecule has 0 unspecified atom stereocenters. The number of amides is 1. The van der Waals surface area contributed by atoms with Crippen LogP contribution in [0.1, 0.15) is 33.8 Å². The quantitative estimate of drug-likeness (QED) is 0.657. The third-order valence-electron chi connectivity index (χ3n) is 2.78. The number of aromatic amines is 1. The van der Waals surface area contributed by atoms with E-state index in [0.29, 0.717) is 25.9 Å². The first-order chi connectivity index (χ1) is 8.08. The van der Waals surface area contributed by atoms with Gasteiger partial charge >= 0.3 is 5.97 Å². The molecule has 1 aliphatic heterocycles. The van der Waals surface area contributed by atoms with Crippen LogP contribution in [0.25, 0.3) is 0 Å².